The third-order valence-electron chi connectivity index (χ3n) is 2.55. The van der Waals surface area contributed by atoms with Crippen molar-refractivity contribution in [1.82, 2.24) is 0 Å². The number of aromatic hydroxyl groups is 1. The number of benzene rings is 2. The molecule has 0 atom stereocenters. The molecule has 0 aliphatic carbocycles. The summed E-state index contributed by atoms with van der Waals surface area (Å²) >= 11 is 3.20. The van der Waals surface area contributed by atoms with Crippen LogP contribution in [0.3, 0.4) is 0 Å². The Morgan fingerprint density at radius 3 is 2.41 bits per heavy atom. The fraction of sp³-hybridized carbons (Fsp3) is 0.0714. The zero-order chi connectivity index (χ0) is 12.4. The van der Waals surface area contributed by atoms with Crippen LogP contribution in [0.15, 0.2) is 46.9 Å². The lowest BCUT2D eigenvalue weighted by atomic mass is 10.0. The minimum absolute atomic E-state index is 0.0157. The molecule has 0 heterocycles. The van der Waals surface area contributed by atoms with Gasteiger partial charge in [-0.25, -0.2) is 0 Å². The van der Waals surface area contributed by atoms with Crippen molar-refractivity contribution >= 4 is 21.7 Å². The quantitative estimate of drug-likeness (QED) is 0.857. The van der Waals surface area contributed by atoms with Gasteiger partial charge in [-0.2, -0.15) is 0 Å². The number of ketones is 1. The van der Waals surface area contributed by atoms with Gasteiger partial charge in [-0.1, -0.05) is 35.9 Å². The van der Waals surface area contributed by atoms with Crippen LogP contribution in [0.2, 0.25) is 0 Å². The first-order chi connectivity index (χ1) is 8.09. The Morgan fingerprint density at radius 2 is 1.76 bits per heavy atom. The van der Waals surface area contributed by atoms with Gasteiger partial charge in [0.05, 0.1) is 10.0 Å². The molecule has 0 bridgehead atoms. The zero-order valence-corrected chi connectivity index (χ0v) is 10.9. The summed E-state index contributed by atoms with van der Waals surface area (Å²) in [7, 11) is 0. The standard InChI is InChI=1S/C14H11BrO2/c1-9-5-7-10(8-6-9)13(16)11-3-2-4-12(15)14(11)17/h2-8,17H,1H3. The van der Waals surface area contributed by atoms with Crippen LogP contribution in [-0.4, -0.2) is 10.9 Å². The normalized spacial score (nSPS) is 10.2. The number of phenolic OH excluding ortho intramolecular Hbond substituents is 1. The molecule has 86 valence electrons. The van der Waals surface area contributed by atoms with Crippen molar-refractivity contribution in [3.05, 3.63) is 63.6 Å². The summed E-state index contributed by atoms with van der Waals surface area (Å²) in [5, 5.41) is 9.82. The van der Waals surface area contributed by atoms with Crippen LogP contribution in [0.5, 0.6) is 5.75 Å². The van der Waals surface area contributed by atoms with Gasteiger partial charge in [0.25, 0.3) is 0 Å². The first kappa shape index (κ1) is 11.9. The highest BCUT2D eigenvalue weighted by atomic mass is 79.9. The molecule has 2 aromatic rings. The number of rotatable bonds is 2. The number of aryl methyl sites for hydroxylation is 1. The van der Waals surface area contributed by atoms with E-state index in [9.17, 15) is 9.90 Å². The number of carbonyl (C=O) groups is 1. The van der Waals surface area contributed by atoms with E-state index < -0.39 is 0 Å². The van der Waals surface area contributed by atoms with E-state index in [0.29, 0.717) is 15.6 Å². The SMILES string of the molecule is Cc1ccc(C(=O)c2cccc(Br)c2O)cc1. The first-order valence-corrected chi connectivity index (χ1v) is 5.98. The molecular weight excluding hydrogens is 280 g/mol. The third-order valence-corrected chi connectivity index (χ3v) is 3.19. The maximum atomic E-state index is 12.1. The third kappa shape index (κ3) is 2.39. The van der Waals surface area contributed by atoms with E-state index in [4.69, 9.17) is 0 Å². The molecule has 2 rings (SSSR count). The second-order valence-corrected chi connectivity index (χ2v) is 4.69. The van der Waals surface area contributed by atoms with Crippen molar-refractivity contribution in [2.45, 2.75) is 6.92 Å². The maximum Gasteiger partial charge on any atom is 0.196 e. The van der Waals surface area contributed by atoms with Gasteiger partial charge in [0.2, 0.25) is 0 Å². The van der Waals surface area contributed by atoms with Crippen LogP contribution in [0.4, 0.5) is 0 Å². The predicted molar refractivity (Wildman–Crippen MR) is 70.4 cm³/mol. The van der Waals surface area contributed by atoms with E-state index in [-0.39, 0.29) is 11.5 Å². The van der Waals surface area contributed by atoms with Gasteiger partial charge >= 0.3 is 0 Å². The monoisotopic (exact) mass is 290 g/mol. The minimum Gasteiger partial charge on any atom is -0.506 e. The van der Waals surface area contributed by atoms with Crippen molar-refractivity contribution in [3.63, 3.8) is 0 Å². The number of para-hydroxylation sites is 1. The summed E-state index contributed by atoms with van der Waals surface area (Å²) in [6, 6.07) is 12.3. The van der Waals surface area contributed by atoms with Crippen molar-refractivity contribution in [3.8, 4) is 5.75 Å². The molecule has 3 heteroatoms. The van der Waals surface area contributed by atoms with Gasteiger partial charge in [-0.3, -0.25) is 4.79 Å². The van der Waals surface area contributed by atoms with Gasteiger partial charge in [0.1, 0.15) is 5.75 Å². The van der Waals surface area contributed by atoms with Crippen LogP contribution in [-0.2, 0) is 0 Å². The summed E-state index contributed by atoms with van der Waals surface area (Å²) in [5.74, 6) is -0.193. The summed E-state index contributed by atoms with van der Waals surface area (Å²) < 4.78 is 0.524. The van der Waals surface area contributed by atoms with E-state index in [1.165, 1.54) is 0 Å². The number of phenols is 1. The maximum absolute atomic E-state index is 12.1. The largest absolute Gasteiger partial charge is 0.506 e. The molecule has 0 aromatic heterocycles. The summed E-state index contributed by atoms with van der Waals surface area (Å²) in [6.07, 6.45) is 0. The molecule has 0 fully saturated rings. The fourth-order valence-electron chi connectivity index (χ4n) is 1.56. The average molecular weight is 291 g/mol. The Labute approximate surface area is 108 Å². The summed E-state index contributed by atoms with van der Waals surface area (Å²) in [6.45, 7) is 1.96. The first-order valence-electron chi connectivity index (χ1n) is 5.18. The van der Waals surface area contributed by atoms with Crippen LogP contribution in [0.25, 0.3) is 0 Å². The molecule has 0 spiro atoms. The van der Waals surface area contributed by atoms with Crippen molar-refractivity contribution in [2.24, 2.45) is 0 Å². The Bertz CT molecular complexity index is 559. The van der Waals surface area contributed by atoms with E-state index in [1.54, 1.807) is 30.3 Å². The molecule has 0 radical (unpaired) electrons. The lowest BCUT2D eigenvalue weighted by Crippen LogP contribution is -2.01. The van der Waals surface area contributed by atoms with Gasteiger partial charge in [0.15, 0.2) is 5.78 Å². The number of hydrogen-bond acceptors (Lipinski definition) is 2. The Balaban J connectivity index is 2.44. The highest BCUT2D eigenvalue weighted by molar-refractivity contribution is 9.10. The molecule has 0 amide bonds. The Hall–Kier alpha value is -1.61. The number of carbonyl (C=O) groups excluding carboxylic acids is 1. The lowest BCUT2D eigenvalue weighted by molar-refractivity contribution is 0.103. The molecule has 2 nitrogen and oxygen atoms in total. The van der Waals surface area contributed by atoms with Crippen molar-refractivity contribution in [1.29, 1.82) is 0 Å². The van der Waals surface area contributed by atoms with E-state index in [0.717, 1.165) is 5.56 Å². The second kappa shape index (κ2) is 4.72. The predicted octanol–water partition coefficient (Wildman–Crippen LogP) is 3.69. The van der Waals surface area contributed by atoms with Crippen molar-refractivity contribution < 1.29 is 9.90 Å². The average Bonchev–Trinajstić information content (AvgIpc) is 2.33. The van der Waals surface area contributed by atoms with Crippen LogP contribution >= 0.6 is 15.9 Å². The van der Waals surface area contributed by atoms with Crippen LogP contribution < -0.4 is 0 Å². The second-order valence-electron chi connectivity index (χ2n) is 3.83. The smallest absolute Gasteiger partial charge is 0.196 e. The van der Waals surface area contributed by atoms with E-state index in [2.05, 4.69) is 15.9 Å². The highest BCUT2D eigenvalue weighted by Gasteiger charge is 2.14. The van der Waals surface area contributed by atoms with E-state index >= 15 is 0 Å². The number of hydrogen-bond donors (Lipinski definition) is 1. The molecule has 0 aliphatic rings. The van der Waals surface area contributed by atoms with Gasteiger partial charge < -0.3 is 5.11 Å². The van der Waals surface area contributed by atoms with Gasteiger partial charge in [-0.15, -0.1) is 0 Å². The molecule has 0 aliphatic heterocycles. The number of halogens is 1. The molecule has 2 aromatic carbocycles. The van der Waals surface area contributed by atoms with Gasteiger partial charge in [-0.05, 0) is 35.0 Å². The lowest BCUT2D eigenvalue weighted by Gasteiger charge is -2.05. The Morgan fingerprint density at radius 1 is 1.12 bits per heavy atom. The van der Waals surface area contributed by atoms with Crippen LogP contribution in [0.1, 0.15) is 21.5 Å². The van der Waals surface area contributed by atoms with Gasteiger partial charge in [0, 0.05) is 5.56 Å². The van der Waals surface area contributed by atoms with Crippen molar-refractivity contribution in [2.75, 3.05) is 0 Å². The molecule has 1 N–H and O–H groups in total. The molecule has 0 saturated carbocycles. The molecule has 0 saturated heterocycles. The Kier molecular flexibility index (Phi) is 3.29. The topological polar surface area (TPSA) is 37.3 Å². The highest BCUT2D eigenvalue weighted by Crippen LogP contribution is 2.29. The minimum atomic E-state index is -0.177. The molecule has 17 heavy (non-hydrogen) atoms. The fourth-order valence-corrected chi connectivity index (χ4v) is 1.93. The molecular formula is C14H11BrO2. The summed E-state index contributed by atoms with van der Waals surface area (Å²) in [4.78, 5) is 12.1. The van der Waals surface area contributed by atoms with Crippen LogP contribution in [0, 0.1) is 6.92 Å². The summed E-state index contributed by atoms with van der Waals surface area (Å²) in [5.41, 5.74) is 1.98. The zero-order valence-electron chi connectivity index (χ0n) is 9.27. The van der Waals surface area contributed by atoms with E-state index in [1.807, 2.05) is 19.1 Å². The molecule has 0 unspecified atom stereocenters.